The number of ether oxygens (including phenoxy) is 1. The number of likely N-dealkylation sites (tertiary alicyclic amines) is 2. The Morgan fingerprint density at radius 1 is 1.00 bits per heavy atom. The molecule has 2 fully saturated rings. The molecular formula is C29H30ClN3O. The Kier molecular flexibility index (Phi) is 6.61. The molecule has 5 rings (SSSR count). The van der Waals surface area contributed by atoms with Gasteiger partial charge in [0.15, 0.2) is 0 Å². The molecule has 0 N–H and O–H groups in total. The van der Waals surface area contributed by atoms with E-state index in [1.807, 2.05) is 54.7 Å². The number of nitrogens with zero attached hydrogens (tertiary/aromatic N) is 3. The molecule has 174 valence electrons. The van der Waals surface area contributed by atoms with Crippen molar-refractivity contribution in [3.8, 4) is 28.7 Å². The first-order chi connectivity index (χ1) is 16.5. The van der Waals surface area contributed by atoms with Crippen molar-refractivity contribution in [2.24, 2.45) is 5.41 Å². The van der Waals surface area contributed by atoms with Gasteiger partial charge in [-0.05, 0) is 80.4 Å². The Bertz CT molecular complexity index is 1200. The Labute approximate surface area is 207 Å². The first kappa shape index (κ1) is 22.9. The molecule has 0 bridgehead atoms. The van der Waals surface area contributed by atoms with Gasteiger partial charge in [0.1, 0.15) is 18.1 Å². The van der Waals surface area contributed by atoms with Crippen LogP contribution in [0, 0.1) is 24.2 Å². The predicted octanol–water partition coefficient (Wildman–Crippen LogP) is 5.13. The van der Waals surface area contributed by atoms with Crippen LogP contribution in [0.4, 0.5) is 0 Å². The highest BCUT2D eigenvalue weighted by molar-refractivity contribution is 6.30. The van der Waals surface area contributed by atoms with E-state index in [-0.39, 0.29) is 0 Å². The molecule has 2 aliphatic heterocycles. The third kappa shape index (κ3) is 5.28. The number of rotatable bonds is 5. The fourth-order valence-corrected chi connectivity index (χ4v) is 5.29. The maximum absolute atomic E-state index is 6.10. The average Bonchev–Trinajstić information content (AvgIpc) is 3.24. The Morgan fingerprint density at radius 2 is 1.79 bits per heavy atom. The lowest BCUT2D eigenvalue weighted by Crippen LogP contribution is -2.55. The molecule has 0 aliphatic carbocycles. The van der Waals surface area contributed by atoms with Crippen LogP contribution < -0.4 is 4.74 Å². The van der Waals surface area contributed by atoms with Gasteiger partial charge in [0.05, 0.1) is 0 Å². The average molecular weight is 472 g/mol. The third-order valence-corrected chi connectivity index (χ3v) is 7.10. The molecule has 0 unspecified atom stereocenters. The maximum Gasteiger partial charge on any atom is 0.122 e. The Balaban J connectivity index is 1.14. The van der Waals surface area contributed by atoms with Crippen LogP contribution in [0.2, 0.25) is 5.02 Å². The second-order valence-corrected chi connectivity index (χ2v) is 10.2. The molecule has 2 aliphatic rings. The highest BCUT2D eigenvalue weighted by atomic mass is 35.5. The number of aryl methyl sites for hydroxylation is 1. The molecule has 1 spiro atoms. The van der Waals surface area contributed by atoms with Crippen LogP contribution in [0.5, 0.6) is 5.75 Å². The lowest BCUT2D eigenvalue weighted by Gasteiger charge is -2.46. The molecule has 4 nitrogen and oxygen atoms in total. The second kappa shape index (κ2) is 9.80. The van der Waals surface area contributed by atoms with Crippen molar-refractivity contribution in [1.82, 2.24) is 14.8 Å². The van der Waals surface area contributed by atoms with Gasteiger partial charge in [0, 0.05) is 53.9 Å². The second-order valence-electron chi connectivity index (χ2n) is 9.72. The summed E-state index contributed by atoms with van der Waals surface area (Å²) in [4.78, 5) is 9.46. The van der Waals surface area contributed by atoms with Crippen LogP contribution in [0.15, 0.2) is 60.8 Å². The molecular weight excluding hydrogens is 442 g/mol. The minimum absolute atomic E-state index is 0.552. The Hall–Kier alpha value is -2.84. The summed E-state index contributed by atoms with van der Waals surface area (Å²) < 4.78 is 6.10. The highest BCUT2D eigenvalue weighted by Gasteiger charge is 2.45. The molecule has 0 radical (unpaired) electrons. The van der Waals surface area contributed by atoms with E-state index in [0.717, 1.165) is 51.9 Å². The smallest absolute Gasteiger partial charge is 0.122 e. The number of aromatic nitrogens is 1. The van der Waals surface area contributed by atoms with Crippen molar-refractivity contribution in [1.29, 1.82) is 0 Å². The van der Waals surface area contributed by atoms with Crippen molar-refractivity contribution in [2.75, 3.05) is 46.4 Å². The van der Waals surface area contributed by atoms with E-state index in [0.29, 0.717) is 5.41 Å². The third-order valence-electron chi connectivity index (χ3n) is 6.84. The number of hydrogen-bond acceptors (Lipinski definition) is 4. The summed E-state index contributed by atoms with van der Waals surface area (Å²) in [6.07, 6.45) is 3.17. The summed E-state index contributed by atoms with van der Waals surface area (Å²) in [6, 6.07) is 17.9. The molecule has 0 atom stereocenters. The van der Waals surface area contributed by atoms with E-state index in [2.05, 4.69) is 46.7 Å². The molecule has 0 saturated carbocycles. The lowest BCUT2D eigenvalue weighted by atomic mass is 9.79. The van der Waals surface area contributed by atoms with Crippen molar-refractivity contribution in [2.45, 2.75) is 13.3 Å². The van der Waals surface area contributed by atoms with Gasteiger partial charge in [-0.2, -0.15) is 0 Å². The molecule has 2 aromatic carbocycles. The zero-order valence-electron chi connectivity index (χ0n) is 19.9. The van der Waals surface area contributed by atoms with E-state index >= 15 is 0 Å². The summed E-state index contributed by atoms with van der Waals surface area (Å²) in [5, 5.41) is 0.729. The van der Waals surface area contributed by atoms with Gasteiger partial charge < -0.3 is 9.64 Å². The van der Waals surface area contributed by atoms with Crippen molar-refractivity contribution in [3.63, 3.8) is 0 Å². The lowest BCUT2D eigenvalue weighted by molar-refractivity contribution is 0.0298. The molecule has 2 saturated heterocycles. The first-order valence-electron chi connectivity index (χ1n) is 11.9. The van der Waals surface area contributed by atoms with Crippen LogP contribution in [-0.4, -0.2) is 61.2 Å². The quantitative estimate of drug-likeness (QED) is 0.482. The van der Waals surface area contributed by atoms with Crippen molar-refractivity contribution < 1.29 is 4.74 Å². The van der Waals surface area contributed by atoms with Gasteiger partial charge >= 0.3 is 0 Å². The monoisotopic (exact) mass is 471 g/mol. The van der Waals surface area contributed by atoms with Gasteiger partial charge in [-0.25, -0.2) is 4.98 Å². The van der Waals surface area contributed by atoms with E-state index in [4.69, 9.17) is 16.3 Å². The van der Waals surface area contributed by atoms with Gasteiger partial charge in [-0.15, -0.1) is 0 Å². The van der Waals surface area contributed by atoms with Crippen LogP contribution >= 0.6 is 11.6 Å². The molecule has 1 aromatic heterocycles. The molecule has 5 heteroatoms. The van der Waals surface area contributed by atoms with Gasteiger partial charge in [-0.1, -0.05) is 35.7 Å². The van der Waals surface area contributed by atoms with E-state index in [1.54, 1.807) is 0 Å². The van der Waals surface area contributed by atoms with E-state index < -0.39 is 0 Å². The fraction of sp³-hybridized carbons (Fsp3) is 0.345. The highest BCUT2D eigenvalue weighted by Crippen LogP contribution is 2.38. The minimum Gasteiger partial charge on any atom is -0.492 e. The van der Waals surface area contributed by atoms with Crippen LogP contribution in [0.1, 0.15) is 23.2 Å². The normalized spacial score (nSPS) is 17.3. The van der Waals surface area contributed by atoms with Crippen molar-refractivity contribution >= 4 is 11.6 Å². The molecule has 3 aromatic rings. The van der Waals surface area contributed by atoms with E-state index in [1.165, 1.54) is 32.6 Å². The number of benzene rings is 2. The summed E-state index contributed by atoms with van der Waals surface area (Å²) in [6.45, 7) is 8.69. The number of hydrogen-bond donors (Lipinski definition) is 0. The zero-order chi connectivity index (χ0) is 23.5. The van der Waals surface area contributed by atoms with Gasteiger partial charge in [0.2, 0.25) is 0 Å². The summed E-state index contributed by atoms with van der Waals surface area (Å²) in [5.74, 6) is 7.33. The summed E-state index contributed by atoms with van der Waals surface area (Å²) in [5.41, 5.74) is 5.50. The van der Waals surface area contributed by atoms with Gasteiger partial charge in [0.25, 0.3) is 0 Å². The van der Waals surface area contributed by atoms with Crippen LogP contribution in [0.3, 0.4) is 0 Å². The van der Waals surface area contributed by atoms with Crippen LogP contribution in [-0.2, 0) is 0 Å². The fourth-order valence-electron chi connectivity index (χ4n) is 5.17. The zero-order valence-corrected chi connectivity index (χ0v) is 20.6. The molecule has 34 heavy (non-hydrogen) atoms. The number of halogens is 1. The standard InChI is InChI=1S/C29H30ClN3O/c1-22-17-23(3-10-27-11-7-25(18-31-27)24-5-8-26(30)9-6-24)4-12-28(22)34-16-15-33-14-13-29(21-33)19-32(2)20-29/h4-9,11-12,17-18H,13-16,19-21H2,1-2H3. The number of pyridine rings is 1. The van der Waals surface area contributed by atoms with E-state index in [9.17, 15) is 0 Å². The SMILES string of the molecule is Cc1cc(C#Cc2ccc(-c3ccc(Cl)cc3)cn2)ccc1OCCN1CCC2(CN(C)C2)C1. The Morgan fingerprint density at radius 3 is 2.50 bits per heavy atom. The van der Waals surface area contributed by atoms with Gasteiger partial charge in [-0.3, -0.25) is 4.90 Å². The summed E-state index contributed by atoms with van der Waals surface area (Å²) in [7, 11) is 2.21. The minimum atomic E-state index is 0.552. The summed E-state index contributed by atoms with van der Waals surface area (Å²) >= 11 is 5.97. The molecule has 3 heterocycles. The first-order valence-corrected chi connectivity index (χ1v) is 12.2. The predicted molar refractivity (Wildman–Crippen MR) is 138 cm³/mol. The van der Waals surface area contributed by atoms with Crippen LogP contribution in [0.25, 0.3) is 11.1 Å². The topological polar surface area (TPSA) is 28.6 Å². The molecule has 0 amide bonds. The largest absolute Gasteiger partial charge is 0.492 e. The maximum atomic E-state index is 6.10. The van der Waals surface area contributed by atoms with Crippen molar-refractivity contribution in [3.05, 3.63) is 82.6 Å².